The van der Waals surface area contributed by atoms with E-state index in [2.05, 4.69) is 15.3 Å². The van der Waals surface area contributed by atoms with Crippen molar-refractivity contribution in [3.63, 3.8) is 0 Å². The standard InChI is InChI=1S/C18H23N5/c19-6-5-13-7-14(8-13)10-21-11-15(9-20)18-12-22-16-3-1-2-4-17(16)23-18/h1-4,9,11-14,20-21H,5-8,10,19H2/b15-11+,20-9?. The van der Waals surface area contributed by atoms with E-state index in [9.17, 15) is 0 Å². The molecule has 1 saturated carbocycles. The minimum Gasteiger partial charge on any atom is -0.390 e. The maximum Gasteiger partial charge on any atom is 0.0922 e. The van der Waals surface area contributed by atoms with Gasteiger partial charge in [-0.1, -0.05) is 12.1 Å². The van der Waals surface area contributed by atoms with Gasteiger partial charge in [0.2, 0.25) is 0 Å². The van der Waals surface area contributed by atoms with Crippen LogP contribution >= 0.6 is 0 Å². The first-order valence-corrected chi connectivity index (χ1v) is 8.16. The predicted molar refractivity (Wildman–Crippen MR) is 94.2 cm³/mol. The molecule has 0 saturated heterocycles. The van der Waals surface area contributed by atoms with Gasteiger partial charge in [-0.25, -0.2) is 4.98 Å². The first kappa shape index (κ1) is 15.6. The molecule has 1 heterocycles. The van der Waals surface area contributed by atoms with Crippen molar-refractivity contribution in [3.05, 3.63) is 42.4 Å². The topological polar surface area (TPSA) is 87.7 Å². The summed E-state index contributed by atoms with van der Waals surface area (Å²) < 4.78 is 0. The third-order valence-corrected chi connectivity index (χ3v) is 4.47. The molecule has 0 spiro atoms. The van der Waals surface area contributed by atoms with Crippen molar-refractivity contribution < 1.29 is 0 Å². The van der Waals surface area contributed by atoms with Crippen LogP contribution in [0, 0.1) is 17.2 Å². The highest BCUT2D eigenvalue weighted by atomic mass is 14.9. The fourth-order valence-electron chi connectivity index (χ4n) is 3.13. The lowest BCUT2D eigenvalue weighted by Crippen LogP contribution is -2.32. The van der Waals surface area contributed by atoms with Gasteiger partial charge in [-0.05, 0) is 49.8 Å². The molecule has 0 unspecified atom stereocenters. The summed E-state index contributed by atoms with van der Waals surface area (Å²) in [5, 5.41) is 11.0. The summed E-state index contributed by atoms with van der Waals surface area (Å²) in [5.41, 5.74) is 8.78. The largest absolute Gasteiger partial charge is 0.390 e. The zero-order valence-electron chi connectivity index (χ0n) is 13.2. The number of fused-ring (bicyclic) bond motifs is 1. The van der Waals surface area contributed by atoms with Crippen molar-refractivity contribution in [2.75, 3.05) is 13.1 Å². The van der Waals surface area contributed by atoms with Crippen molar-refractivity contribution >= 4 is 22.8 Å². The van der Waals surface area contributed by atoms with E-state index in [0.29, 0.717) is 0 Å². The minimum atomic E-state index is 0.720. The van der Waals surface area contributed by atoms with Crippen LogP contribution in [0.2, 0.25) is 0 Å². The van der Waals surface area contributed by atoms with Gasteiger partial charge in [-0.3, -0.25) is 4.98 Å². The summed E-state index contributed by atoms with van der Waals surface area (Å²) in [7, 11) is 0. The molecule has 120 valence electrons. The van der Waals surface area contributed by atoms with Crippen LogP contribution in [0.5, 0.6) is 0 Å². The van der Waals surface area contributed by atoms with Gasteiger partial charge in [0.05, 0.1) is 22.9 Å². The van der Waals surface area contributed by atoms with E-state index in [0.717, 1.165) is 53.6 Å². The van der Waals surface area contributed by atoms with Gasteiger partial charge < -0.3 is 16.5 Å². The monoisotopic (exact) mass is 309 g/mol. The van der Waals surface area contributed by atoms with Gasteiger partial charge in [0.15, 0.2) is 0 Å². The van der Waals surface area contributed by atoms with Gasteiger partial charge in [-0.15, -0.1) is 0 Å². The first-order valence-electron chi connectivity index (χ1n) is 8.16. The number of allylic oxidation sites excluding steroid dienone is 1. The van der Waals surface area contributed by atoms with Crippen LogP contribution in [0.1, 0.15) is 25.0 Å². The summed E-state index contributed by atoms with van der Waals surface area (Å²) in [4.78, 5) is 8.98. The number of nitrogens with one attached hydrogen (secondary N) is 2. The van der Waals surface area contributed by atoms with Crippen LogP contribution in [0.15, 0.2) is 36.7 Å². The number of rotatable bonds is 7. The minimum absolute atomic E-state index is 0.720. The van der Waals surface area contributed by atoms with Gasteiger partial charge in [0.25, 0.3) is 0 Å². The molecule has 5 heteroatoms. The lowest BCUT2D eigenvalue weighted by molar-refractivity contribution is 0.185. The zero-order valence-corrected chi connectivity index (χ0v) is 13.2. The van der Waals surface area contributed by atoms with Crippen molar-refractivity contribution in [1.82, 2.24) is 15.3 Å². The quantitative estimate of drug-likeness (QED) is 0.686. The molecule has 4 N–H and O–H groups in total. The van der Waals surface area contributed by atoms with E-state index in [1.807, 2.05) is 30.5 Å². The Labute approximate surface area is 136 Å². The molecule has 1 aliphatic rings. The van der Waals surface area contributed by atoms with Crippen LogP contribution in [-0.4, -0.2) is 29.3 Å². The molecule has 1 aromatic carbocycles. The molecule has 5 nitrogen and oxygen atoms in total. The number of benzene rings is 1. The molecule has 1 aliphatic carbocycles. The van der Waals surface area contributed by atoms with E-state index in [-0.39, 0.29) is 0 Å². The number of hydrogen-bond acceptors (Lipinski definition) is 5. The van der Waals surface area contributed by atoms with Crippen molar-refractivity contribution in [2.24, 2.45) is 17.6 Å². The molecule has 1 fully saturated rings. The second-order valence-corrected chi connectivity index (χ2v) is 6.18. The summed E-state index contributed by atoms with van der Waals surface area (Å²) in [6.07, 6.45) is 8.58. The van der Waals surface area contributed by atoms with Crippen LogP contribution in [0.3, 0.4) is 0 Å². The second kappa shape index (κ2) is 7.33. The number of nitrogens with two attached hydrogens (primary N) is 1. The summed E-state index contributed by atoms with van der Waals surface area (Å²) in [5.74, 6) is 1.53. The number of hydrogen-bond donors (Lipinski definition) is 3. The summed E-state index contributed by atoms with van der Waals surface area (Å²) in [6, 6.07) is 7.77. The Balaban J connectivity index is 1.61. The number of aromatic nitrogens is 2. The van der Waals surface area contributed by atoms with E-state index >= 15 is 0 Å². The summed E-state index contributed by atoms with van der Waals surface area (Å²) >= 11 is 0. The Morgan fingerprint density at radius 1 is 1.26 bits per heavy atom. The molecule has 3 rings (SSSR count). The second-order valence-electron chi connectivity index (χ2n) is 6.18. The highest BCUT2D eigenvalue weighted by Gasteiger charge is 2.27. The Morgan fingerprint density at radius 3 is 2.78 bits per heavy atom. The highest BCUT2D eigenvalue weighted by molar-refractivity contribution is 6.07. The molecular weight excluding hydrogens is 286 g/mol. The molecule has 0 aliphatic heterocycles. The lowest BCUT2D eigenvalue weighted by Gasteiger charge is -2.35. The van der Waals surface area contributed by atoms with E-state index < -0.39 is 0 Å². The van der Waals surface area contributed by atoms with Crippen LogP contribution in [0.25, 0.3) is 16.6 Å². The third kappa shape index (κ3) is 3.74. The molecule has 0 radical (unpaired) electrons. The van der Waals surface area contributed by atoms with Crippen LogP contribution in [0.4, 0.5) is 0 Å². The Hall–Kier alpha value is -2.27. The fraction of sp³-hybridized carbons (Fsp3) is 0.389. The van der Waals surface area contributed by atoms with Crippen LogP contribution in [-0.2, 0) is 0 Å². The van der Waals surface area contributed by atoms with E-state index in [1.165, 1.54) is 19.1 Å². The van der Waals surface area contributed by atoms with Gasteiger partial charge in [0, 0.05) is 24.5 Å². The molecule has 1 aromatic heterocycles. The van der Waals surface area contributed by atoms with Gasteiger partial charge in [0.1, 0.15) is 0 Å². The molecule has 0 atom stereocenters. The Bertz CT molecular complexity index is 703. The van der Waals surface area contributed by atoms with Crippen molar-refractivity contribution in [3.8, 4) is 0 Å². The lowest BCUT2D eigenvalue weighted by atomic mass is 9.73. The fourth-order valence-corrected chi connectivity index (χ4v) is 3.13. The third-order valence-electron chi connectivity index (χ3n) is 4.47. The maximum atomic E-state index is 7.62. The van der Waals surface area contributed by atoms with Crippen LogP contribution < -0.4 is 11.1 Å². The Morgan fingerprint density at radius 2 is 2.04 bits per heavy atom. The SMILES string of the molecule is N=C/C(=C\NCC1CC(CCN)C1)c1cnc2ccccc2n1. The predicted octanol–water partition coefficient (Wildman–Crippen LogP) is 2.58. The normalized spacial score (nSPS) is 21.0. The number of para-hydroxylation sites is 2. The molecule has 2 aromatic rings. The van der Waals surface area contributed by atoms with E-state index in [4.69, 9.17) is 11.1 Å². The smallest absolute Gasteiger partial charge is 0.0922 e. The van der Waals surface area contributed by atoms with Gasteiger partial charge in [-0.2, -0.15) is 0 Å². The first-order chi connectivity index (χ1) is 11.3. The molecule has 0 bridgehead atoms. The highest BCUT2D eigenvalue weighted by Crippen LogP contribution is 2.35. The average molecular weight is 309 g/mol. The van der Waals surface area contributed by atoms with Gasteiger partial charge >= 0.3 is 0 Å². The molecule has 0 amide bonds. The van der Waals surface area contributed by atoms with Crippen molar-refractivity contribution in [1.29, 1.82) is 5.41 Å². The maximum absolute atomic E-state index is 7.62. The Kier molecular flexibility index (Phi) is 4.98. The summed E-state index contributed by atoms with van der Waals surface area (Å²) in [6.45, 7) is 1.74. The average Bonchev–Trinajstić information content (AvgIpc) is 2.55. The van der Waals surface area contributed by atoms with Crippen molar-refractivity contribution in [2.45, 2.75) is 19.3 Å². The zero-order chi connectivity index (χ0) is 16.1. The molecule has 23 heavy (non-hydrogen) atoms. The van der Waals surface area contributed by atoms with E-state index in [1.54, 1.807) is 6.20 Å². The molecular formula is C18H23N5. The number of nitrogens with zero attached hydrogens (tertiary/aromatic N) is 2.